The molecule has 0 saturated carbocycles. The number of carbonyl (C=O) groups excluding carboxylic acids is 1. The van der Waals surface area contributed by atoms with Crippen molar-refractivity contribution in [3.63, 3.8) is 0 Å². The molecule has 2 aromatic carbocycles. The number of hydrogen-bond acceptors (Lipinski definition) is 6. The summed E-state index contributed by atoms with van der Waals surface area (Å²) in [6.07, 6.45) is 0. The first-order valence-electron chi connectivity index (χ1n) is 10.7. The Kier molecular flexibility index (Phi) is 5.61. The number of hydrogen-bond donors (Lipinski definition) is 1. The van der Waals surface area contributed by atoms with Gasteiger partial charge >= 0.3 is 0 Å². The van der Waals surface area contributed by atoms with E-state index in [2.05, 4.69) is 0 Å². The second-order valence-electron chi connectivity index (χ2n) is 8.18. The summed E-state index contributed by atoms with van der Waals surface area (Å²) < 4.78 is 11.3. The molecule has 0 radical (unpaired) electrons. The van der Waals surface area contributed by atoms with E-state index in [1.165, 1.54) is 23.1 Å². The lowest BCUT2D eigenvalue weighted by Gasteiger charge is -2.29. The van der Waals surface area contributed by atoms with E-state index in [-0.39, 0.29) is 28.3 Å². The molecule has 2 aliphatic heterocycles. The van der Waals surface area contributed by atoms with E-state index < -0.39 is 11.0 Å². The van der Waals surface area contributed by atoms with E-state index in [1.807, 2.05) is 0 Å². The van der Waals surface area contributed by atoms with Crippen molar-refractivity contribution in [3.05, 3.63) is 84.7 Å². The monoisotopic (exact) mass is 470 g/mol. The van der Waals surface area contributed by atoms with Gasteiger partial charge in [-0.25, -0.2) is 0 Å². The van der Waals surface area contributed by atoms with Gasteiger partial charge in [0.2, 0.25) is 5.76 Å². The molecule has 0 spiro atoms. The van der Waals surface area contributed by atoms with Crippen LogP contribution in [0.3, 0.4) is 0 Å². The minimum absolute atomic E-state index is 0.00940. The molecule has 33 heavy (non-hydrogen) atoms. The van der Waals surface area contributed by atoms with Gasteiger partial charge in [-0.3, -0.25) is 19.7 Å². The number of benzene rings is 2. The topological polar surface area (TPSA) is 107 Å². The van der Waals surface area contributed by atoms with Crippen molar-refractivity contribution in [2.24, 2.45) is 0 Å². The average Bonchev–Trinajstić information content (AvgIpc) is 3.10. The van der Waals surface area contributed by atoms with E-state index in [4.69, 9.17) is 20.8 Å². The highest BCUT2D eigenvalue weighted by molar-refractivity contribution is 6.31. The van der Waals surface area contributed by atoms with Crippen LogP contribution in [0.1, 0.15) is 27.7 Å². The zero-order chi connectivity index (χ0) is 23.1. The fourth-order valence-corrected chi connectivity index (χ4v) is 4.71. The Morgan fingerprint density at radius 3 is 2.55 bits per heavy atom. The Morgan fingerprint density at radius 2 is 1.85 bits per heavy atom. The average molecular weight is 471 g/mol. The normalized spacial score (nSPS) is 18.6. The number of carbonyl (C=O) groups is 1. The summed E-state index contributed by atoms with van der Waals surface area (Å²) in [4.78, 5) is 40.5. The number of nitro groups is 1. The molecule has 1 amide bonds. The van der Waals surface area contributed by atoms with E-state index in [1.54, 1.807) is 29.2 Å². The van der Waals surface area contributed by atoms with Crippen LogP contribution >= 0.6 is 11.6 Å². The van der Waals surface area contributed by atoms with Crippen LogP contribution < -0.4 is 10.3 Å². The molecule has 1 N–H and O–H groups in total. The molecule has 2 aliphatic rings. The lowest BCUT2D eigenvalue weighted by atomic mass is 9.98. The molecule has 1 aromatic heterocycles. The van der Waals surface area contributed by atoms with Crippen LogP contribution in [0, 0.1) is 10.1 Å². The first-order valence-corrected chi connectivity index (χ1v) is 11.0. The first-order chi connectivity index (χ1) is 15.9. The molecule has 1 saturated heterocycles. The number of ether oxygens (including phenoxy) is 1. The molecular formula is C23H21ClN3O6+. The molecule has 170 valence electrons. The third-order valence-electron chi connectivity index (χ3n) is 6.25. The molecule has 1 fully saturated rings. The molecule has 1 atom stereocenters. The number of quaternary nitrogens is 1. The minimum atomic E-state index is -0.701. The predicted molar refractivity (Wildman–Crippen MR) is 120 cm³/mol. The number of nitrogens with one attached hydrogen (secondary N) is 1. The van der Waals surface area contributed by atoms with E-state index >= 15 is 0 Å². The van der Waals surface area contributed by atoms with Gasteiger partial charge in [-0.15, -0.1) is 0 Å². The van der Waals surface area contributed by atoms with Crippen LogP contribution in [0.5, 0.6) is 0 Å². The summed E-state index contributed by atoms with van der Waals surface area (Å²) in [6.45, 7) is 4.11. The smallest absolute Gasteiger partial charge is 0.291 e. The second kappa shape index (κ2) is 8.58. The van der Waals surface area contributed by atoms with Gasteiger partial charge < -0.3 is 19.0 Å². The third kappa shape index (κ3) is 3.88. The molecule has 9 nitrogen and oxygen atoms in total. The van der Waals surface area contributed by atoms with E-state index in [0.29, 0.717) is 47.9 Å². The Bertz CT molecular complexity index is 1300. The molecular weight excluding hydrogens is 450 g/mol. The Hall–Kier alpha value is -3.27. The van der Waals surface area contributed by atoms with Crippen molar-refractivity contribution in [1.82, 2.24) is 4.90 Å². The van der Waals surface area contributed by atoms with Crippen LogP contribution in [-0.2, 0) is 4.74 Å². The zero-order valence-corrected chi connectivity index (χ0v) is 18.3. The molecule has 3 aromatic rings. The maximum atomic E-state index is 13.5. The van der Waals surface area contributed by atoms with Crippen molar-refractivity contribution < 1.29 is 23.8 Å². The third-order valence-corrected chi connectivity index (χ3v) is 6.49. The Balaban J connectivity index is 1.60. The zero-order valence-electron chi connectivity index (χ0n) is 17.6. The maximum absolute atomic E-state index is 13.5. The Morgan fingerprint density at radius 1 is 1.12 bits per heavy atom. The van der Waals surface area contributed by atoms with Crippen molar-refractivity contribution in [1.29, 1.82) is 0 Å². The highest BCUT2D eigenvalue weighted by Gasteiger charge is 2.43. The maximum Gasteiger partial charge on any atom is 0.291 e. The summed E-state index contributed by atoms with van der Waals surface area (Å²) in [5.74, 6) is -0.356. The summed E-state index contributed by atoms with van der Waals surface area (Å²) in [5.41, 5.74) is 0.746. The van der Waals surface area contributed by atoms with Gasteiger partial charge in [0.1, 0.15) is 18.7 Å². The van der Waals surface area contributed by atoms with Crippen LogP contribution in [0.2, 0.25) is 5.02 Å². The van der Waals surface area contributed by atoms with Gasteiger partial charge in [0, 0.05) is 17.2 Å². The summed E-state index contributed by atoms with van der Waals surface area (Å²) in [5, 5.41) is 11.8. The summed E-state index contributed by atoms with van der Waals surface area (Å²) in [6, 6.07) is 9.93. The summed E-state index contributed by atoms with van der Waals surface area (Å²) >= 11 is 6.10. The number of halogens is 1. The van der Waals surface area contributed by atoms with Gasteiger partial charge in [-0.1, -0.05) is 11.6 Å². The van der Waals surface area contributed by atoms with Crippen LogP contribution in [-0.4, -0.2) is 55.1 Å². The van der Waals surface area contributed by atoms with Gasteiger partial charge in [-0.05, 0) is 35.9 Å². The Labute approximate surface area is 193 Å². The van der Waals surface area contributed by atoms with Gasteiger partial charge in [0.15, 0.2) is 5.43 Å². The molecule has 3 heterocycles. The molecule has 0 aliphatic carbocycles. The van der Waals surface area contributed by atoms with Crippen LogP contribution in [0.4, 0.5) is 5.69 Å². The van der Waals surface area contributed by atoms with E-state index in [0.717, 1.165) is 13.1 Å². The van der Waals surface area contributed by atoms with Crippen molar-refractivity contribution in [3.8, 4) is 0 Å². The van der Waals surface area contributed by atoms with Gasteiger partial charge in [0.05, 0.1) is 48.2 Å². The van der Waals surface area contributed by atoms with Gasteiger partial charge in [-0.2, -0.15) is 0 Å². The largest absolute Gasteiger partial charge is 0.450 e. The lowest BCUT2D eigenvalue weighted by molar-refractivity contribution is -0.907. The van der Waals surface area contributed by atoms with Crippen molar-refractivity contribution in [2.75, 3.05) is 39.4 Å². The molecule has 0 unspecified atom stereocenters. The molecule has 5 rings (SSSR count). The second-order valence-corrected chi connectivity index (χ2v) is 8.61. The van der Waals surface area contributed by atoms with Crippen LogP contribution in [0.25, 0.3) is 11.0 Å². The number of nitro benzene ring substituents is 1. The first kappa shape index (κ1) is 21.6. The molecule has 10 heteroatoms. The highest BCUT2D eigenvalue weighted by Crippen LogP contribution is 2.38. The minimum Gasteiger partial charge on any atom is -0.450 e. The molecule has 0 bridgehead atoms. The number of amides is 1. The van der Waals surface area contributed by atoms with Crippen LogP contribution in [0.15, 0.2) is 51.7 Å². The standard InChI is InChI=1S/C23H20ClN3O6/c24-15-3-6-18-17(13-15)21(28)19-20(14-1-4-16(5-2-14)27(30)31)26(23(29)22(19)33-18)8-7-25-9-11-32-12-10-25/h1-6,13,20H,7-12H2/p+1/t20-/m0/s1. The number of morpholine rings is 1. The highest BCUT2D eigenvalue weighted by atomic mass is 35.5. The lowest BCUT2D eigenvalue weighted by Crippen LogP contribution is -3.14. The predicted octanol–water partition coefficient (Wildman–Crippen LogP) is 1.81. The SMILES string of the molecule is O=C1c2oc3ccc(Cl)cc3c(=O)c2[C@H](c2ccc([N+](=O)[O-])cc2)N1CC[NH+]1CCOCC1. The number of non-ortho nitro benzene ring substituents is 1. The summed E-state index contributed by atoms with van der Waals surface area (Å²) in [7, 11) is 0. The quantitative estimate of drug-likeness (QED) is 0.450. The van der Waals surface area contributed by atoms with Crippen molar-refractivity contribution >= 4 is 34.2 Å². The van der Waals surface area contributed by atoms with E-state index in [9.17, 15) is 19.7 Å². The fourth-order valence-electron chi connectivity index (χ4n) is 4.54. The number of nitrogens with zero attached hydrogens (tertiary/aromatic N) is 2. The number of fused-ring (bicyclic) bond motifs is 2. The van der Waals surface area contributed by atoms with Crippen molar-refractivity contribution in [2.45, 2.75) is 6.04 Å². The number of rotatable bonds is 5. The fraction of sp³-hybridized carbons (Fsp3) is 0.304. The van der Waals surface area contributed by atoms with Gasteiger partial charge in [0.25, 0.3) is 11.6 Å².